The van der Waals surface area contributed by atoms with Crippen molar-refractivity contribution in [1.82, 2.24) is 25.2 Å². The number of aromatic nitrogens is 3. The summed E-state index contributed by atoms with van der Waals surface area (Å²) in [6.45, 7) is 6.40. The van der Waals surface area contributed by atoms with Crippen molar-refractivity contribution in [2.75, 3.05) is 19.6 Å². The highest BCUT2D eigenvalue weighted by atomic mass is 35.5. The molecule has 1 aliphatic heterocycles. The Bertz CT molecular complexity index is 525. The second kappa shape index (κ2) is 8.81. The van der Waals surface area contributed by atoms with Crippen LogP contribution in [0.25, 0.3) is 0 Å². The molecule has 0 aromatic carbocycles. The van der Waals surface area contributed by atoms with Crippen LogP contribution in [0.3, 0.4) is 0 Å². The van der Waals surface area contributed by atoms with Gasteiger partial charge in [0.2, 0.25) is 5.91 Å². The summed E-state index contributed by atoms with van der Waals surface area (Å²) < 4.78 is 1.98. The molecule has 2 atom stereocenters. The van der Waals surface area contributed by atoms with E-state index in [4.69, 9.17) is 0 Å². The van der Waals surface area contributed by atoms with Crippen LogP contribution in [0.1, 0.15) is 70.0 Å². The summed E-state index contributed by atoms with van der Waals surface area (Å²) in [4.78, 5) is 14.4. The molecule has 0 bridgehead atoms. The molecule has 0 radical (unpaired) electrons. The van der Waals surface area contributed by atoms with Gasteiger partial charge in [0.05, 0.1) is 17.8 Å². The highest BCUT2D eigenvalue weighted by molar-refractivity contribution is 5.85. The van der Waals surface area contributed by atoms with Crippen LogP contribution in [0.4, 0.5) is 0 Å². The Morgan fingerprint density at radius 1 is 1.29 bits per heavy atom. The topological polar surface area (TPSA) is 63.1 Å². The van der Waals surface area contributed by atoms with E-state index in [0.717, 1.165) is 31.7 Å². The fourth-order valence-corrected chi connectivity index (χ4v) is 3.92. The number of halogens is 1. The van der Waals surface area contributed by atoms with E-state index in [1.165, 1.54) is 32.1 Å². The van der Waals surface area contributed by atoms with E-state index < -0.39 is 0 Å². The summed E-state index contributed by atoms with van der Waals surface area (Å²) in [6, 6.07) is 0.159. The molecule has 1 aromatic rings. The van der Waals surface area contributed by atoms with Crippen LogP contribution in [-0.2, 0) is 4.79 Å². The molecule has 7 heteroatoms. The number of carbonyl (C=O) groups is 1. The van der Waals surface area contributed by atoms with Gasteiger partial charge in [0.25, 0.3) is 0 Å². The van der Waals surface area contributed by atoms with Gasteiger partial charge in [-0.2, -0.15) is 0 Å². The third-order valence-electron chi connectivity index (χ3n) is 5.41. The average molecular weight is 356 g/mol. The Balaban J connectivity index is 0.00000208. The van der Waals surface area contributed by atoms with Crippen LogP contribution >= 0.6 is 12.4 Å². The Labute approximate surface area is 150 Å². The lowest BCUT2D eigenvalue weighted by molar-refractivity contribution is -0.132. The molecule has 2 heterocycles. The Kier molecular flexibility index (Phi) is 7.04. The van der Waals surface area contributed by atoms with Crippen LogP contribution in [0.5, 0.6) is 0 Å². The van der Waals surface area contributed by atoms with Gasteiger partial charge in [-0.05, 0) is 33.1 Å². The van der Waals surface area contributed by atoms with Crippen molar-refractivity contribution in [3.8, 4) is 0 Å². The number of likely N-dealkylation sites (N-methyl/N-ethyl adjacent to an activating group) is 1. The van der Waals surface area contributed by atoms with Crippen molar-refractivity contribution in [2.45, 2.75) is 70.4 Å². The van der Waals surface area contributed by atoms with Gasteiger partial charge in [0.1, 0.15) is 0 Å². The number of carbonyl (C=O) groups excluding carboxylic acids is 1. The predicted molar refractivity (Wildman–Crippen MR) is 96.5 cm³/mol. The van der Waals surface area contributed by atoms with Crippen molar-refractivity contribution in [3.05, 3.63) is 11.9 Å². The highest BCUT2D eigenvalue weighted by Crippen LogP contribution is 2.32. The monoisotopic (exact) mass is 355 g/mol. The normalized spacial score (nSPS) is 24.6. The summed E-state index contributed by atoms with van der Waals surface area (Å²) in [7, 11) is 0. The molecule has 1 aromatic heterocycles. The summed E-state index contributed by atoms with van der Waals surface area (Å²) >= 11 is 0. The minimum Gasteiger partial charge on any atom is -0.342 e. The zero-order valence-electron chi connectivity index (χ0n) is 14.8. The van der Waals surface area contributed by atoms with Crippen LogP contribution in [0.2, 0.25) is 0 Å². The largest absolute Gasteiger partial charge is 0.342 e. The minimum absolute atomic E-state index is 0. The summed E-state index contributed by atoms with van der Waals surface area (Å²) in [6.07, 6.45) is 9.38. The molecule has 1 amide bonds. The van der Waals surface area contributed by atoms with Crippen LogP contribution in [-0.4, -0.2) is 51.5 Å². The Morgan fingerprint density at radius 3 is 2.67 bits per heavy atom. The first-order valence-electron chi connectivity index (χ1n) is 9.16. The molecular weight excluding hydrogens is 326 g/mol. The van der Waals surface area contributed by atoms with E-state index in [-0.39, 0.29) is 30.4 Å². The van der Waals surface area contributed by atoms with Crippen molar-refractivity contribution in [1.29, 1.82) is 0 Å². The molecule has 2 aliphatic rings. The first-order chi connectivity index (χ1) is 11.2. The quantitative estimate of drug-likeness (QED) is 0.881. The fraction of sp³-hybridized carbons (Fsp3) is 0.824. The first kappa shape index (κ1) is 19.2. The van der Waals surface area contributed by atoms with Gasteiger partial charge in [-0.1, -0.05) is 24.5 Å². The maximum absolute atomic E-state index is 12.5. The molecule has 1 saturated carbocycles. The summed E-state index contributed by atoms with van der Waals surface area (Å²) in [5.74, 6) is 0.796. The van der Waals surface area contributed by atoms with Gasteiger partial charge in [-0.15, -0.1) is 17.5 Å². The molecule has 1 saturated heterocycles. The lowest BCUT2D eigenvalue weighted by Gasteiger charge is -2.22. The third kappa shape index (κ3) is 4.09. The fourth-order valence-electron chi connectivity index (χ4n) is 3.92. The smallest absolute Gasteiger partial charge is 0.239 e. The molecule has 2 fully saturated rings. The van der Waals surface area contributed by atoms with E-state index >= 15 is 0 Å². The van der Waals surface area contributed by atoms with Gasteiger partial charge in [-0.3, -0.25) is 4.79 Å². The predicted octanol–water partition coefficient (Wildman–Crippen LogP) is 2.52. The van der Waals surface area contributed by atoms with Gasteiger partial charge in [0, 0.05) is 31.7 Å². The maximum Gasteiger partial charge on any atom is 0.239 e. The second-order valence-electron chi connectivity index (χ2n) is 6.82. The van der Waals surface area contributed by atoms with Gasteiger partial charge < -0.3 is 10.2 Å². The van der Waals surface area contributed by atoms with Crippen LogP contribution in [0.15, 0.2) is 6.20 Å². The molecule has 3 rings (SSSR count). The number of hydrogen-bond donors (Lipinski definition) is 1. The van der Waals surface area contributed by atoms with E-state index in [9.17, 15) is 4.79 Å². The number of hydrogen-bond acceptors (Lipinski definition) is 4. The van der Waals surface area contributed by atoms with E-state index in [2.05, 4.69) is 21.8 Å². The van der Waals surface area contributed by atoms with Gasteiger partial charge in [-0.25, -0.2) is 4.68 Å². The summed E-state index contributed by atoms with van der Waals surface area (Å²) in [5, 5.41) is 12.1. The molecule has 1 aliphatic carbocycles. The van der Waals surface area contributed by atoms with Crippen molar-refractivity contribution in [3.63, 3.8) is 0 Å². The lowest BCUT2D eigenvalue weighted by atomic mass is 9.87. The SMILES string of the molecule is CCN(CC)C(=O)[C@@H]1C[C@@H](n2cc(C3CCCCC3)nn2)CN1.Cl. The Hall–Kier alpha value is -1.14. The van der Waals surface area contributed by atoms with Crippen molar-refractivity contribution in [2.24, 2.45) is 0 Å². The molecule has 136 valence electrons. The molecule has 0 spiro atoms. The molecular formula is C17H30ClN5O. The Morgan fingerprint density at radius 2 is 2.00 bits per heavy atom. The number of nitrogens with one attached hydrogen (secondary N) is 1. The highest BCUT2D eigenvalue weighted by Gasteiger charge is 2.33. The number of rotatable bonds is 5. The molecule has 0 unspecified atom stereocenters. The van der Waals surface area contributed by atoms with Crippen molar-refractivity contribution >= 4 is 18.3 Å². The van der Waals surface area contributed by atoms with Crippen LogP contribution < -0.4 is 5.32 Å². The van der Waals surface area contributed by atoms with Crippen LogP contribution in [0, 0.1) is 0 Å². The zero-order chi connectivity index (χ0) is 16.2. The first-order valence-corrected chi connectivity index (χ1v) is 9.16. The van der Waals surface area contributed by atoms with Crippen molar-refractivity contribution < 1.29 is 4.79 Å². The minimum atomic E-state index is -0.0813. The molecule has 1 N–H and O–H groups in total. The van der Waals surface area contributed by atoms with Gasteiger partial charge >= 0.3 is 0 Å². The number of nitrogens with zero attached hydrogens (tertiary/aromatic N) is 4. The standard InChI is InChI=1S/C17H29N5O.ClH/c1-3-21(4-2)17(23)15-10-14(11-18-15)22-12-16(19-20-22)13-8-6-5-7-9-13;/h12-15,18H,3-11H2,1-2H3;1H/t14-,15+;/m1./s1. The van der Waals surface area contributed by atoms with E-state index in [1.807, 2.05) is 23.4 Å². The zero-order valence-corrected chi connectivity index (χ0v) is 15.6. The average Bonchev–Trinajstić information content (AvgIpc) is 3.26. The lowest BCUT2D eigenvalue weighted by Crippen LogP contribution is -2.43. The van der Waals surface area contributed by atoms with E-state index in [1.54, 1.807) is 0 Å². The molecule has 6 nitrogen and oxygen atoms in total. The summed E-state index contributed by atoms with van der Waals surface area (Å²) in [5.41, 5.74) is 1.14. The number of amides is 1. The van der Waals surface area contributed by atoms with E-state index in [0.29, 0.717) is 5.92 Å². The van der Waals surface area contributed by atoms with Gasteiger partial charge in [0.15, 0.2) is 0 Å². The molecule has 24 heavy (non-hydrogen) atoms. The third-order valence-corrected chi connectivity index (χ3v) is 5.41. The second-order valence-corrected chi connectivity index (χ2v) is 6.82. The maximum atomic E-state index is 12.5.